The highest BCUT2D eigenvalue weighted by molar-refractivity contribution is 9.10. The maximum atomic E-state index is 11.7. The van der Waals surface area contributed by atoms with Crippen LogP contribution in [0.5, 0.6) is 11.5 Å². The van der Waals surface area contributed by atoms with E-state index in [4.69, 9.17) is 14.6 Å². The van der Waals surface area contributed by atoms with Crippen molar-refractivity contribution in [2.45, 2.75) is 13.0 Å². The molecule has 0 aliphatic rings. The van der Waals surface area contributed by atoms with E-state index in [0.717, 1.165) is 10.0 Å². The van der Waals surface area contributed by atoms with Crippen molar-refractivity contribution in [3.05, 3.63) is 58.6 Å². The molecule has 0 aromatic heterocycles. The number of hydrazone groups is 1. The monoisotopic (exact) mass is 420 g/mol. The van der Waals surface area contributed by atoms with E-state index in [0.29, 0.717) is 11.5 Å². The Morgan fingerprint density at radius 1 is 1.15 bits per heavy atom. The number of carbonyl (C=O) groups excluding carboxylic acids is 1. The number of halogens is 1. The van der Waals surface area contributed by atoms with Gasteiger partial charge in [-0.25, -0.2) is 10.2 Å². The van der Waals surface area contributed by atoms with Gasteiger partial charge in [0.1, 0.15) is 11.5 Å². The van der Waals surface area contributed by atoms with Crippen molar-refractivity contribution < 1.29 is 24.2 Å². The molecule has 2 aromatic rings. The number of hydrogen-bond donors (Lipinski definition) is 2. The summed E-state index contributed by atoms with van der Waals surface area (Å²) in [4.78, 5) is 22.4. The van der Waals surface area contributed by atoms with Crippen LogP contribution in [0, 0.1) is 0 Å². The van der Waals surface area contributed by atoms with Crippen LogP contribution >= 0.6 is 15.9 Å². The number of amides is 1. The molecule has 8 heteroatoms. The summed E-state index contributed by atoms with van der Waals surface area (Å²) in [6.07, 6.45) is 0.529. The van der Waals surface area contributed by atoms with Gasteiger partial charge in [-0.1, -0.05) is 15.9 Å². The van der Waals surface area contributed by atoms with Crippen LogP contribution in [0.25, 0.3) is 0 Å². The number of benzene rings is 2. The second-order valence-electron chi connectivity index (χ2n) is 5.20. The lowest BCUT2D eigenvalue weighted by Crippen LogP contribution is -2.24. The Labute approximate surface area is 158 Å². The molecule has 0 fully saturated rings. The fourth-order valence-electron chi connectivity index (χ4n) is 1.78. The normalized spacial score (nSPS) is 11.8. The Hall–Kier alpha value is -2.87. The zero-order valence-electron chi connectivity index (χ0n) is 13.9. The van der Waals surface area contributed by atoms with Crippen LogP contribution < -0.4 is 14.9 Å². The number of carboxylic acid groups (broad SMARTS) is 1. The minimum Gasteiger partial charge on any atom is -0.484 e. The van der Waals surface area contributed by atoms with Crippen LogP contribution in [0.3, 0.4) is 0 Å². The molecule has 0 bridgehead atoms. The molecule has 2 N–H and O–H groups in total. The summed E-state index contributed by atoms with van der Waals surface area (Å²) >= 11 is 3.32. The Morgan fingerprint density at radius 2 is 1.77 bits per heavy atom. The van der Waals surface area contributed by atoms with E-state index in [1.54, 1.807) is 36.4 Å². The van der Waals surface area contributed by atoms with Gasteiger partial charge in [0, 0.05) is 4.47 Å². The van der Waals surface area contributed by atoms with Gasteiger partial charge in [0.05, 0.1) is 6.21 Å². The molecule has 0 spiro atoms. The van der Waals surface area contributed by atoms with Crippen LogP contribution in [0.15, 0.2) is 58.1 Å². The number of ether oxygens (including phenoxy) is 2. The Balaban J connectivity index is 1.77. The zero-order valence-corrected chi connectivity index (χ0v) is 15.5. The summed E-state index contributed by atoms with van der Waals surface area (Å²) in [6, 6.07) is 13.8. The van der Waals surface area contributed by atoms with Gasteiger partial charge in [0.15, 0.2) is 12.7 Å². The highest BCUT2D eigenvalue weighted by Crippen LogP contribution is 2.16. The first-order valence-corrected chi connectivity index (χ1v) is 8.43. The van der Waals surface area contributed by atoms with Gasteiger partial charge in [0.2, 0.25) is 0 Å². The van der Waals surface area contributed by atoms with E-state index in [9.17, 15) is 9.59 Å². The quantitative estimate of drug-likeness (QED) is 0.505. The van der Waals surface area contributed by atoms with Crippen molar-refractivity contribution in [2.24, 2.45) is 5.10 Å². The molecule has 26 heavy (non-hydrogen) atoms. The number of nitrogens with zero attached hydrogens (tertiary/aromatic N) is 1. The van der Waals surface area contributed by atoms with E-state index >= 15 is 0 Å². The average Bonchev–Trinajstić information content (AvgIpc) is 2.62. The number of aliphatic carboxylic acids is 1. The van der Waals surface area contributed by atoms with E-state index in [1.807, 2.05) is 12.1 Å². The Kier molecular flexibility index (Phi) is 7.16. The van der Waals surface area contributed by atoms with Gasteiger partial charge in [-0.05, 0) is 61.0 Å². The molecule has 1 atom stereocenters. The summed E-state index contributed by atoms with van der Waals surface area (Å²) in [5, 5.41) is 12.6. The number of nitrogens with one attached hydrogen (secondary N) is 1. The smallest absolute Gasteiger partial charge is 0.344 e. The highest BCUT2D eigenvalue weighted by atomic mass is 79.9. The minimum absolute atomic E-state index is 0.154. The first kappa shape index (κ1) is 19.5. The molecular weight excluding hydrogens is 404 g/mol. The summed E-state index contributed by atoms with van der Waals surface area (Å²) in [5.41, 5.74) is 3.08. The zero-order chi connectivity index (χ0) is 18.9. The summed E-state index contributed by atoms with van der Waals surface area (Å²) in [6.45, 7) is 1.29. The number of carboxylic acids is 1. The van der Waals surface area contributed by atoms with Crippen LogP contribution in [0.1, 0.15) is 12.5 Å². The van der Waals surface area contributed by atoms with Gasteiger partial charge < -0.3 is 14.6 Å². The molecule has 1 amide bonds. The molecule has 0 heterocycles. The second kappa shape index (κ2) is 9.57. The molecule has 136 valence electrons. The van der Waals surface area contributed by atoms with Crippen molar-refractivity contribution in [1.29, 1.82) is 0 Å². The molecule has 0 radical (unpaired) electrons. The van der Waals surface area contributed by atoms with Gasteiger partial charge >= 0.3 is 5.97 Å². The number of carbonyl (C=O) groups is 2. The lowest BCUT2D eigenvalue weighted by Gasteiger charge is -2.09. The number of rotatable bonds is 8. The molecule has 0 aliphatic heterocycles. The Bertz CT molecular complexity index is 775. The topological polar surface area (TPSA) is 97.2 Å². The SMILES string of the molecule is C[C@@H](Oc1ccc(/C=N\NC(=O)COc2ccc(Br)cc2)cc1)C(=O)O. The third-order valence-electron chi connectivity index (χ3n) is 3.13. The highest BCUT2D eigenvalue weighted by Gasteiger charge is 2.11. The Morgan fingerprint density at radius 3 is 2.38 bits per heavy atom. The largest absolute Gasteiger partial charge is 0.484 e. The molecule has 0 aliphatic carbocycles. The van der Waals surface area contributed by atoms with Crippen LogP contribution in [-0.2, 0) is 9.59 Å². The van der Waals surface area contributed by atoms with Gasteiger partial charge in [-0.15, -0.1) is 0 Å². The predicted octanol–water partition coefficient (Wildman–Crippen LogP) is 2.83. The molecule has 0 saturated heterocycles. The van der Waals surface area contributed by atoms with Crippen molar-refractivity contribution in [1.82, 2.24) is 5.43 Å². The molecule has 2 aromatic carbocycles. The summed E-state index contributed by atoms with van der Waals surface area (Å²) < 4.78 is 11.5. The molecule has 7 nitrogen and oxygen atoms in total. The molecule has 0 unspecified atom stereocenters. The third kappa shape index (κ3) is 6.56. The van der Waals surface area contributed by atoms with Crippen LogP contribution in [0.2, 0.25) is 0 Å². The van der Waals surface area contributed by atoms with E-state index in [1.165, 1.54) is 13.1 Å². The van der Waals surface area contributed by atoms with Crippen molar-refractivity contribution >= 4 is 34.0 Å². The third-order valence-corrected chi connectivity index (χ3v) is 3.66. The van der Waals surface area contributed by atoms with E-state index in [2.05, 4.69) is 26.5 Å². The summed E-state index contributed by atoms with van der Waals surface area (Å²) in [5.74, 6) is -0.411. The molecule has 0 saturated carbocycles. The van der Waals surface area contributed by atoms with Gasteiger partial charge in [-0.3, -0.25) is 4.79 Å². The standard InChI is InChI=1S/C18H17BrN2O5/c1-12(18(23)24)26-16-6-2-13(3-7-16)10-20-21-17(22)11-25-15-8-4-14(19)5-9-15/h2-10,12H,11H2,1H3,(H,21,22)(H,23,24)/b20-10-/t12-/m1/s1. The van der Waals surface area contributed by atoms with Crippen molar-refractivity contribution in [2.75, 3.05) is 6.61 Å². The van der Waals surface area contributed by atoms with Crippen molar-refractivity contribution in [3.63, 3.8) is 0 Å². The van der Waals surface area contributed by atoms with Crippen LogP contribution in [-0.4, -0.2) is 35.9 Å². The fourth-order valence-corrected chi connectivity index (χ4v) is 2.04. The predicted molar refractivity (Wildman–Crippen MR) is 99.5 cm³/mol. The van der Waals surface area contributed by atoms with Gasteiger partial charge in [0.25, 0.3) is 5.91 Å². The van der Waals surface area contributed by atoms with Gasteiger partial charge in [-0.2, -0.15) is 5.10 Å². The lowest BCUT2D eigenvalue weighted by molar-refractivity contribution is -0.144. The van der Waals surface area contributed by atoms with Crippen LogP contribution in [0.4, 0.5) is 0 Å². The molecular formula is C18H17BrN2O5. The van der Waals surface area contributed by atoms with Crippen molar-refractivity contribution in [3.8, 4) is 11.5 Å². The second-order valence-corrected chi connectivity index (χ2v) is 6.12. The molecule has 2 rings (SSSR count). The first-order valence-electron chi connectivity index (χ1n) is 7.64. The van der Waals surface area contributed by atoms with E-state index < -0.39 is 12.1 Å². The fraction of sp³-hybridized carbons (Fsp3) is 0.167. The summed E-state index contributed by atoms with van der Waals surface area (Å²) in [7, 11) is 0. The number of hydrogen-bond acceptors (Lipinski definition) is 5. The first-order chi connectivity index (χ1) is 12.4. The average molecular weight is 421 g/mol. The maximum Gasteiger partial charge on any atom is 0.344 e. The van der Waals surface area contributed by atoms with E-state index in [-0.39, 0.29) is 12.5 Å². The minimum atomic E-state index is -1.04. The maximum absolute atomic E-state index is 11.7. The lowest BCUT2D eigenvalue weighted by atomic mass is 10.2.